The van der Waals surface area contributed by atoms with Gasteiger partial charge in [-0.2, -0.15) is 8.78 Å². The van der Waals surface area contributed by atoms with Gasteiger partial charge in [0.05, 0.1) is 16.8 Å². The van der Waals surface area contributed by atoms with Gasteiger partial charge in [-0.15, -0.1) is 0 Å². The Morgan fingerprint density at radius 1 is 1.41 bits per heavy atom. The van der Waals surface area contributed by atoms with E-state index in [0.29, 0.717) is 22.9 Å². The molecule has 0 spiro atoms. The minimum Gasteiger partial charge on any atom is -0.495 e. The predicted octanol–water partition coefficient (Wildman–Crippen LogP) is 3.51. The maximum Gasteiger partial charge on any atom is 0.313 e. The molecule has 0 fully saturated rings. The summed E-state index contributed by atoms with van der Waals surface area (Å²) in [4.78, 5) is 18.0. The second kappa shape index (κ2) is 6.51. The Hall–Kier alpha value is -2.50. The fourth-order valence-corrected chi connectivity index (χ4v) is 1.79. The summed E-state index contributed by atoms with van der Waals surface area (Å²) in [6.07, 6.45) is 3.52. The van der Waals surface area contributed by atoms with E-state index in [1.54, 1.807) is 44.2 Å². The number of aromatic amines is 1. The first kappa shape index (κ1) is 15.9. The Morgan fingerprint density at radius 2 is 2.14 bits per heavy atom. The molecule has 1 aromatic heterocycles. The van der Waals surface area contributed by atoms with Crippen LogP contribution in [-0.4, -0.2) is 16.6 Å². The number of nitrogens with zero attached hydrogens (tertiary/aromatic N) is 1. The lowest BCUT2D eigenvalue weighted by Crippen LogP contribution is -2.25. The molecule has 0 aliphatic heterocycles. The zero-order valence-electron chi connectivity index (χ0n) is 12.3. The maximum atomic E-state index is 14.1. The van der Waals surface area contributed by atoms with Gasteiger partial charge in [0.25, 0.3) is 5.56 Å². The van der Waals surface area contributed by atoms with Crippen molar-refractivity contribution in [3.63, 3.8) is 0 Å². The highest BCUT2D eigenvalue weighted by Gasteiger charge is 2.33. The molecule has 0 bridgehead atoms. The molecule has 0 saturated carbocycles. The number of aromatic nitrogens is 2. The Bertz CT molecular complexity index is 779. The minimum atomic E-state index is -3.47. The first-order valence-corrected chi connectivity index (χ1v) is 6.75. The summed E-state index contributed by atoms with van der Waals surface area (Å²) in [7, 11) is 0. The van der Waals surface area contributed by atoms with Crippen molar-refractivity contribution in [2.45, 2.75) is 19.8 Å². The molecule has 0 aliphatic rings. The number of nitrogens with one attached hydrogen (secondary N) is 1. The number of hydrogen-bond acceptors (Lipinski definition) is 3. The van der Waals surface area contributed by atoms with Crippen LogP contribution in [0.1, 0.15) is 19.5 Å². The fraction of sp³-hybridized carbons (Fsp3) is 0.250. The Balaban J connectivity index is 2.27. The molecule has 0 amide bonds. The van der Waals surface area contributed by atoms with E-state index in [0.717, 1.165) is 0 Å². The zero-order valence-corrected chi connectivity index (χ0v) is 12.3. The highest BCUT2D eigenvalue weighted by Crippen LogP contribution is 2.26. The molecule has 1 heterocycles. The van der Waals surface area contributed by atoms with E-state index < -0.39 is 17.2 Å². The SMILES string of the molecule is C/C=C(\C)OC/C=C/C(F)(F)c1nc2ccccc2[nH]c1=O. The largest absolute Gasteiger partial charge is 0.495 e. The third-order valence-electron chi connectivity index (χ3n) is 3.06. The summed E-state index contributed by atoms with van der Waals surface area (Å²) in [5, 5.41) is 0. The number of halogens is 2. The molecule has 2 rings (SSSR count). The van der Waals surface area contributed by atoms with Gasteiger partial charge in [0.2, 0.25) is 0 Å². The summed E-state index contributed by atoms with van der Waals surface area (Å²) in [5.74, 6) is -2.83. The first-order valence-electron chi connectivity index (χ1n) is 6.75. The number of alkyl halides is 2. The smallest absolute Gasteiger partial charge is 0.313 e. The molecule has 2 aromatic rings. The summed E-state index contributed by atoms with van der Waals surface area (Å²) >= 11 is 0. The van der Waals surface area contributed by atoms with Crippen molar-refractivity contribution in [1.82, 2.24) is 9.97 Å². The number of para-hydroxylation sites is 2. The molecule has 4 nitrogen and oxygen atoms in total. The fourth-order valence-electron chi connectivity index (χ4n) is 1.79. The van der Waals surface area contributed by atoms with Crippen LogP contribution in [-0.2, 0) is 10.7 Å². The lowest BCUT2D eigenvalue weighted by atomic mass is 10.2. The monoisotopic (exact) mass is 306 g/mol. The van der Waals surface area contributed by atoms with Crippen molar-refractivity contribution in [2.75, 3.05) is 6.61 Å². The topological polar surface area (TPSA) is 55.0 Å². The van der Waals surface area contributed by atoms with E-state index >= 15 is 0 Å². The predicted molar refractivity (Wildman–Crippen MR) is 80.8 cm³/mol. The number of ether oxygens (including phenoxy) is 1. The molecule has 0 radical (unpaired) electrons. The van der Waals surface area contributed by atoms with E-state index in [9.17, 15) is 13.6 Å². The van der Waals surface area contributed by atoms with Crippen LogP contribution in [0.4, 0.5) is 8.78 Å². The Kier molecular flexibility index (Phi) is 4.70. The van der Waals surface area contributed by atoms with Crippen LogP contribution >= 0.6 is 0 Å². The van der Waals surface area contributed by atoms with Crippen LogP contribution in [0.5, 0.6) is 0 Å². The Labute approximate surface area is 126 Å². The summed E-state index contributed by atoms with van der Waals surface area (Å²) in [6.45, 7) is 3.50. The molecule has 6 heteroatoms. The Morgan fingerprint density at radius 3 is 2.86 bits per heavy atom. The summed E-state index contributed by atoms with van der Waals surface area (Å²) < 4.78 is 33.4. The maximum absolute atomic E-state index is 14.1. The normalized spacial score (nSPS) is 13.0. The highest BCUT2D eigenvalue weighted by atomic mass is 19.3. The van der Waals surface area contributed by atoms with Gasteiger partial charge in [-0.25, -0.2) is 4.98 Å². The molecular formula is C16H16F2N2O2. The van der Waals surface area contributed by atoms with E-state index in [-0.39, 0.29) is 6.61 Å². The molecule has 0 unspecified atom stereocenters. The van der Waals surface area contributed by atoms with Crippen molar-refractivity contribution in [3.8, 4) is 0 Å². The van der Waals surface area contributed by atoms with Crippen LogP contribution in [0, 0.1) is 0 Å². The van der Waals surface area contributed by atoms with Crippen molar-refractivity contribution in [2.24, 2.45) is 0 Å². The molecule has 0 atom stereocenters. The van der Waals surface area contributed by atoms with Gasteiger partial charge in [-0.1, -0.05) is 12.1 Å². The zero-order chi connectivity index (χ0) is 16.2. The van der Waals surface area contributed by atoms with Crippen LogP contribution in [0.15, 0.2) is 53.0 Å². The van der Waals surface area contributed by atoms with Gasteiger partial charge < -0.3 is 9.72 Å². The standard InChI is InChI=1S/C16H16F2N2O2/c1-3-11(2)22-10-6-9-16(17,18)14-15(21)20-13-8-5-4-7-12(13)19-14/h3-9H,10H2,1-2H3,(H,20,21)/b9-6+,11-3+. The number of allylic oxidation sites excluding steroid dienone is 3. The molecule has 22 heavy (non-hydrogen) atoms. The molecule has 1 N–H and O–H groups in total. The van der Waals surface area contributed by atoms with E-state index in [1.165, 1.54) is 6.08 Å². The average molecular weight is 306 g/mol. The second-order valence-electron chi connectivity index (χ2n) is 4.67. The lowest BCUT2D eigenvalue weighted by Gasteiger charge is -2.11. The highest BCUT2D eigenvalue weighted by molar-refractivity contribution is 5.73. The minimum absolute atomic E-state index is 0.00273. The van der Waals surface area contributed by atoms with Crippen LogP contribution in [0.25, 0.3) is 11.0 Å². The third kappa shape index (κ3) is 3.58. The molecule has 116 valence electrons. The molecule has 0 saturated heterocycles. The number of hydrogen-bond donors (Lipinski definition) is 1. The quantitative estimate of drug-likeness (QED) is 0.679. The first-order chi connectivity index (χ1) is 10.4. The number of rotatable bonds is 5. The average Bonchev–Trinajstić information content (AvgIpc) is 2.50. The summed E-state index contributed by atoms with van der Waals surface area (Å²) in [5.41, 5.74) is -1.00. The van der Waals surface area contributed by atoms with Gasteiger partial charge in [0.1, 0.15) is 6.61 Å². The number of benzene rings is 1. The van der Waals surface area contributed by atoms with E-state index in [1.807, 2.05) is 0 Å². The van der Waals surface area contributed by atoms with Gasteiger partial charge in [0, 0.05) is 0 Å². The van der Waals surface area contributed by atoms with Crippen molar-refractivity contribution < 1.29 is 13.5 Å². The number of fused-ring (bicyclic) bond motifs is 1. The van der Waals surface area contributed by atoms with Crippen LogP contribution in [0.3, 0.4) is 0 Å². The van der Waals surface area contributed by atoms with Gasteiger partial charge in [0.15, 0.2) is 5.69 Å². The molecular weight excluding hydrogens is 290 g/mol. The number of H-pyrrole nitrogens is 1. The van der Waals surface area contributed by atoms with E-state index in [2.05, 4.69) is 9.97 Å². The molecule has 1 aromatic carbocycles. The van der Waals surface area contributed by atoms with Crippen molar-refractivity contribution >= 4 is 11.0 Å². The van der Waals surface area contributed by atoms with Crippen LogP contribution in [0.2, 0.25) is 0 Å². The van der Waals surface area contributed by atoms with Crippen molar-refractivity contribution in [1.29, 1.82) is 0 Å². The lowest BCUT2D eigenvalue weighted by molar-refractivity contribution is 0.0450. The van der Waals surface area contributed by atoms with Crippen LogP contribution < -0.4 is 5.56 Å². The summed E-state index contributed by atoms with van der Waals surface area (Å²) in [6, 6.07) is 6.53. The third-order valence-corrected chi connectivity index (χ3v) is 3.06. The van der Waals surface area contributed by atoms with E-state index in [4.69, 9.17) is 4.74 Å². The molecule has 0 aliphatic carbocycles. The van der Waals surface area contributed by atoms with Gasteiger partial charge in [-0.05, 0) is 44.2 Å². The van der Waals surface area contributed by atoms with Gasteiger partial charge in [-0.3, -0.25) is 4.79 Å². The van der Waals surface area contributed by atoms with Gasteiger partial charge >= 0.3 is 5.92 Å². The van der Waals surface area contributed by atoms with Crippen molar-refractivity contribution in [3.05, 3.63) is 64.3 Å². The second-order valence-corrected chi connectivity index (χ2v) is 4.67.